The van der Waals surface area contributed by atoms with Gasteiger partial charge in [0.2, 0.25) is 5.83 Å². The molecule has 0 fully saturated rings. The van der Waals surface area contributed by atoms with Crippen molar-refractivity contribution < 1.29 is 58.4 Å². The molecule has 0 aromatic carbocycles. The number of nitrogens with zero attached hydrogens (tertiary/aromatic N) is 1. The zero-order chi connectivity index (χ0) is 24.0. The number of hydrogen-bond acceptors (Lipinski definition) is 6. The molecule has 0 heterocycles. The summed E-state index contributed by atoms with van der Waals surface area (Å²) in [6.07, 6.45) is -7.64. The lowest BCUT2D eigenvalue weighted by Crippen LogP contribution is -2.62. The molecule has 15 heteroatoms. The molecule has 8 nitrogen and oxygen atoms in total. The van der Waals surface area contributed by atoms with Crippen LogP contribution in [0, 0.1) is 0 Å². The van der Waals surface area contributed by atoms with Crippen LogP contribution in [0.5, 0.6) is 0 Å². The molecule has 0 saturated carbocycles. The Morgan fingerprint density at radius 1 is 1.07 bits per heavy atom. The summed E-state index contributed by atoms with van der Waals surface area (Å²) in [4.78, 5) is 24.6. The largest absolute Gasteiger partial charge is 0.466 e. The van der Waals surface area contributed by atoms with E-state index in [-0.39, 0.29) is 25.9 Å². The third-order valence-corrected chi connectivity index (χ3v) is 4.42. The topological polar surface area (TPSA) is 110 Å². The van der Waals surface area contributed by atoms with Crippen molar-refractivity contribution in [2.75, 3.05) is 19.7 Å². The lowest BCUT2D eigenvalue weighted by atomic mass is 10.2. The minimum Gasteiger partial charge on any atom is -0.410 e. The number of carbonyl (C=O) groups is 2. The molecule has 1 atom stereocenters. The van der Waals surface area contributed by atoms with Gasteiger partial charge >= 0.3 is 39.2 Å². The Kier molecular flexibility index (Phi) is 9.79. The molecule has 0 aliphatic carbocycles. The first kappa shape index (κ1) is 28.1. The number of esters is 1. The number of amides is 1. The van der Waals surface area contributed by atoms with E-state index >= 15 is 0 Å². The summed E-state index contributed by atoms with van der Waals surface area (Å²) in [6, 6.07) is 0. The quantitative estimate of drug-likeness (QED) is 0.153. The zero-order valence-electron chi connectivity index (χ0n) is 16.0. The van der Waals surface area contributed by atoms with Gasteiger partial charge in [-0.15, -0.1) is 0 Å². The van der Waals surface area contributed by atoms with E-state index in [4.69, 9.17) is 4.55 Å². The van der Waals surface area contributed by atoms with Gasteiger partial charge < -0.3 is 14.4 Å². The maximum atomic E-state index is 13.8. The molecule has 0 radical (unpaired) electrons. The normalized spacial score (nSPS) is 14.7. The van der Waals surface area contributed by atoms with Gasteiger partial charge in [-0.1, -0.05) is 20.4 Å². The fourth-order valence-electron chi connectivity index (χ4n) is 2.09. The van der Waals surface area contributed by atoms with Gasteiger partial charge in [0.1, 0.15) is 0 Å². The van der Waals surface area contributed by atoms with Crippen LogP contribution in [0.25, 0.3) is 0 Å². The lowest BCUT2D eigenvalue weighted by Gasteiger charge is -2.37. The Labute approximate surface area is 168 Å². The highest BCUT2D eigenvalue weighted by Gasteiger charge is 2.67. The average molecular weight is 473 g/mol. The van der Waals surface area contributed by atoms with Gasteiger partial charge in [-0.2, -0.15) is 34.8 Å². The van der Waals surface area contributed by atoms with E-state index in [0.717, 1.165) is 0 Å². The van der Waals surface area contributed by atoms with E-state index in [0.29, 0.717) is 4.90 Å². The van der Waals surface area contributed by atoms with Gasteiger partial charge in [0.05, 0.1) is 13.0 Å². The molecule has 0 rings (SSSR count). The summed E-state index contributed by atoms with van der Waals surface area (Å²) in [5.74, 6) is -11.0. The second kappa shape index (κ2) is 10.4. The molecule has 0 aliphatic rings. The second-order valence-corrected chi connectivity index (χ2v) is 7.46. The fourth-order valence-corrected chi connectivity index (χ4v) is 2.43. The van der Waals surface area contributed by atoms with Crippen LogP contribution in [0.1, 0.15) is 33.1 Å². The Morgan fingerprint density at radius 2 is 1.53 bits per heavy atom. The number of halogens is 6. The van der Waals surface area contributed by atoms with Crippen LogP contribution < -0.4 is 0 Å². The van der Waals surface area contributed by atoms with E-state index in [9.17, 15) is 44.3 Å². The summed E-state index contributed by atoms with van der Waals surface area (Å²) < 4.78 is 119. The fraction of sp³-hybridized carbons (Fsp3) is 0.733. The van der Waals surface area contributed by atoms with E-state index in [1.807, 2.05) is 0 Å². The number of hydrogen-bond donors (Lipinski definition) is 1. The molecular weight excluding hydrogens is 452 g/mol. The number of ether oxygens (including phenoxy) is 2. The summed E-state index contributed by atoms with van der Waals surface area (Å²) >= 11 is 0. The Hall–Kier alpha value is -1.87. The van der Waals surface area contributed by atoms with Gasteiger partial charge in [0, 0.05) is 13.1 Å². The van der Waals surface area contributed by atoms with Crippen molar-refractivity contribution in [1.82, 2.24) is 4.90 Å². The zero-order valence-corrected chi connectivity index (χ0v) is 16.8. The lowest BCUT2D eigenvalue weighted by molar-refractivity contribution is -0.351. The van der Waals surface area contributed by atoms with Crippen LogP contribution in [0.15, 0.2) is 12.4 Å². The Morgan fingerprint density at radius 3 is 1.87 bits per heavy atom. The first-order valence-corrected chi connectivity index (χ1v) is 9.83. The second-order valence-electron chi connectivity index (χ2n) is 5.91. The maximum absolute atomic E-state index is 13.8. The van der Waals surface area contributed by atoms with Crippen molar-refractivity contribution in [3.8, 4) is 0 Å². The molecule has 1 unspecified atom stereocenters. The third-order valence-electron chi connectivity index (χ3n) is 3.46. The van der Waals surface area contributed by atoms with Crippen molar-refractivity contribution in [3.05, 3.63) is 12.4 Å². The van der Waals surface area contributed by atoms with Crippen molar-refractivity contribution in [2.45, 2.75) is 50.3 Å². The van der Waals surface area contributed by atoms with Crippen molar-refractivity contribution in [2.24, 2.45) is 0 Å². The van der Waals surface area contributed by atoms with Crippen LogP contribution in [-0.4, -0.2) is 66.7 Å². The average Bonchev–Trinajstić information content (AvgIpc) is 2.57. The highest BCUT2D eigenvalue weighted by Crippen LogP contribution is 2.38. The van der Waals surface area contributed by atoms with Gasteiger partial charge in [-0.25, -0.2) is 4.79 Å². The van der Waals surface area contributed by atoms with Crippen LogP contribution in [0.4, 0.5) is 26.3 Å². The van der Waals surface area contributed by atoms with E-state index in [1.54, 1.807) is 0 Å². The Bertz CT molecular complexity index is 734. The standard InChI is InChI=1S/C15H21F6NO7S/c1-4-7-22(8-5-2)12(24)14(15(19,20)21,29-11(23)10(3)16)28-9-6-13(17,18)30(25,26)27/h3-9H2,1-2H3,(H,25,26,27). The highest BCUT2D eigenvalue weighted by molar-refractivity contribution is 7.86. The molecular formula is C15H21F6NO7S. The highest BCUT2D eigenvalue weighted by atomic mass is 32.2. The van der Waals surface area contributed by atoms with Gasteiger partial charge in [-0.3, -0.25) is 9.35 Å². The van der Waals surface area contributed by atoms with Gasteiger partial charge in [0.25, 0.3) is 0 Å². The first-order valence-electron chi connectivity index (χ1n) is 8.39. The smallest absolute Gasteiger partial charge is 0.410 e. The van der Waals surface area contributed by atoms with Crippen LogP contribution in [0.3, 0.4) is 0 Å². The van der Waals surface area contributed by atoms with E-state index in [1.165, 1.54) is 13.8 Å². The molecule has 0 bridgehead atoms. The summed E-state index contributed by atoms with van der Waals surface area (Å²) in [6.45, 7) is 3.02. The SMILES string of the molecule is C=C(F)C(=O)OC(OCCC(F)(F)S(=O)(=O)O)(C(=O)N(CCC)CCC)C(F)(F)F. The first-order chi connectivity index (χ1) is 13.5. The minimum atomic E-state index is -6.02. The predicted octanol–water partition coefficient (Wildman–Crippen LogP) is 2.81. The monoisotopic (exact) mass is 473 g/mol. The van der Waals surface area contributed by atoms with Crippen molar-refractivity contribution in [3.63, 3.8) is 0 Å². The molecule has 0 aromatic heterocycles. The number of rotatable bonds is 12. The van der Waals surface area contributed by atoms with Crippen LogP contribution in [0.2, 0.25) is 0 Å². The van der Waals surface area contributed by atoms with Crippen LogP contribution in [-0.2, 0) is 29.2 Å². The summed E-state index contributed by atoms with van der Waals surface area (Å²) in [7, 11) is -6.02. The predicted molar refractivity (Wildman–Crippen MR) is 89.4 cm³/mol. The number of alkyl halides is 5. The van der Waals surface area contributed by atoms with E-state index in [2.05, 4.69) is 16.1 Å². The molecule has 1 N–H and O–H groups in total. The molecule has 0 aromatic rings. The third kappa shape index (κ3) is 6.84. The van der Waals surface area contributed by atoms with Crippen molar-refractivity contribution in [1.29, 1.82) is 0 Å². The molecule has 176 valence electrons. The number of carbonyl (C=O) groups excluding carboxylic acids is 2. The molecule has 0 saturated heterocycles. The Balaban J connectivity index is 6.22. The van der Waals surface area contributed by atoms with Crippen LogP contribution >= 0.6 is 0 Å². The molecule has 0 aliphatic heterocycles. The van der Waals surface area contributed by atoms with Gasteiger partial charge in [-0.05, 0) is 12.8 Å². The summed E-state index contributed by atoms with van der Waals surface area (Å²) in [5, 5.41) is -4.94. The summed E-state index contributed by atoms with van der Waals surface area (Å²) in [5.41, 5.74) is 0. The molecule has 0 spiro atoms. The van der Waals surface area contributed by atoms with Crippen molar-refractivity contribution >= 4 is 22.0 Å². The molecule has 1 amide bonds. The van der Waals surface area contributed by atoms with E-state index < -0.39 is 58.1 Å². The maximum Gasteiger partial charge on any atom is 0.466 e. The van der Waals surface area contributed by atoms with Gasteiger partial charge in [0.15, 0.2) is 0 Å². The minimum absolute atomic E-state index is 0.143. The molecule has 30 heavy (non-hydrogen) atoms.